The molecular weight excluding hydrogens is 364 g/mol. The van der Waals surface area contributed by atoms with Gasteiger partial charge >= 0.3 is 0 Å². The number of fused-ring (bicyclic) bond motifs is 5. The maximum Gasteiger partial charge on any atom is 0.227 e. The van der Waals surface area contributed by atoms with Crippen molar-refractivity contribution in [2.24, 2.45) is 0 Å². The van der Waals surface area contributed by atoms with Gasteiger partial charge in [0.15, 0.2) is 5.65 Å². The number of benzene rings is 1. The fraction of sp³-hybridized carbons (Fsp3) is 0.409. The van der Waals surface area contributed by atoms with Crippen molar-refractivity contribution in [1.82, 2.24) is 24.3 Å². The molecule has 0 bridgehead atoms. The summed E-state index contributed by atoms with van der Waals surface area (Å²) in [6.45, 7) is 5.45. The summed E-state index contributed by atoms with van der Waals surface area (Å²) in [7, 11) is 4.24. The molecule has 1 aliphatic rings. The summed E-state index contributed by atoms with van der Waals surface area (Å²) >= 11 is 0. The van der Waals surface area contributed by atoms with Gasteiger partial charge in [-0.1, -0.05) is 12.1 Å². The van der Waals surface area contributed by atoms with Crippen molar-refractivity contribution in [3.8, 4) is 0 Å². The average Bonchev–Trinajstić information content (AvgIpc) is 3.31. The highest BCUT2D eigenvalue weighted by molar-refractivity contribution is 5.90. The van der Waals surface area contributed by atoms with E-state index in [4.69, 9.17) is 9.97 Å². The molecule has 1 N–H and O–H groups in total. The number of imidazole rings is 1. The molecule has 3 aromatic heterocycles. The topological polar surface area (TPSA) is 69.8 Å². The van der Waals surface area contributed by atoms with Crippen LogP contribution in [0.15, 0.2) is 36.5 Å². The molecule has 4 heterocycles. The molecular formula is C22H26N6O. The highest BCUT2D eigenvalue weighted by Gasteiger charge is 2.27. The summed E-state index contributed by atoms with van der Waals surface area (Å²) in [6.07, 6.45) is 2.97. The molecule has 0 saturated carbocycles. The van der Waals surface area contributed by atoms with Gasteiger partial charge in [-0.25, -0.2) is 9.97 Å². The Hall–Kier alpha value is -2.77. The highest BCUT2D eigenvalue weighted by Crippen LogP contribution is 2.32. The number of para-hydroxylation sites is 2. The minimum atomic E-state index is -1.02. The molecule has 4 aromatic rings. The first-order chi connectivity index (χ1) is 13.8. The smallest absolute Gasteiger partial charge is 0.227 e. The van der Waals surface area contributed by atoms with Gasteiger partial charge in [-0.3, -0.25) is 4.40 Å². The van der Waals surface area contributed by atoms with Gasteiger partial charge in [-0.2, -0.15) is 4.98 Å². The summed E-state index contributed by atoms with van der Waals surface area (Å²) in [5.74, 6) is 0.747. The number of likely N-dealkylation sites (N-methyl/N-ethyl adjacent to an activating group) is 1. The number of aromatic nitrogens is 4. The second-order valence-corrected chi connectivity index (χ2v) is 8.68. The second kappa shape index (κ2) is 6.37. The van der Waals surface area contributed by atoms with E-state index in [2.05, 4.69) is 33.3 Å². The van der Waals surface area contributed by atoms with E-state index >= 15 is 0 Å². The lowest BCUT2D eigenvalue weighted by Crippen LogP contribution is -2.32. The van der Waals surface area contributed by atoms with Gasteiger partial charge in [0.2, 0.25) is 5.95 Å². The Kier molecular flexibility index (Phi) is 4.01. The number of hydrogen-bond acceptors (Lipinski definition) is 6. The van der Waals surface area contributed by atoms with Crippen molar-refractivity contribution in [3.05, 3.63) is 42.1 Å². The van der Waals surface area contributed by atoms with Crippen molar-refractivity contribution in [2.75, 3.05) is 32.1 Å². The van der Waals surface area contributed by atoms with E-state index in [1.807, 2.05) is 36.5 Å². The molecule has 0 amide bonds. The van der Waals surface area contributed by atoms with Gasteiger partial charge in [-0.05, 0) is 52.6 Å². The van der Waals surface area contributed by atoms with E-state index in [9.17, 15) is 5.11 Å². The molecule has 1 saturated heterocycles. The Bertz CT molecular complexity index is 1220. The third-order valence-corrected chi connectivity index (χ3v) is 5.93. The first-order valence-corrected chi connectivity index (χ1v) is 10.0. The van der Waals surface area contributed by atoms with Gasteiger partial charge < -0.3 is 14.9 Å². The van der Waals surface area contributed by atoms with E-state index in [0.29, 0.717) is 6.04 Å². The van der Waals surface area contributed by atoms with Crippen LogP contribution in [0.2, 0.25) is 0 Å². The summed E-state index contributed by atoms with van der Waals surface area (Å²) in [5, 5.41) is 11.7. The van der Waals surface area contributed by atoms with Crippen LogP contribution in [-0.2, 0) is 5.60 Å². The average molecular weight is 390 g/mol. The van der Waals surface area contributed by atoms with Crippen molar-refractivity contribution >= 4 is 33.7 Å². The van der Waals surface area contributed by atoms with Crippen LogP contribution in [0.1, 0.15) is 25.8 Å². The number of rotatable bonds is 3. The van der Waals surface area contributed by atoms with Crippen LogP contribution in [0.25, 0.3) is 27.7 Å². The zero-order valence-corrected chi connectivity index (χ0v) is 17.3. The lowest BCUT2D eigenvalue weighted by atomic mass is 9.99. The first-order valence-electron chi connectivity index (χ1n) is 10.0. The molecule has 0 radical (unpaired) electrons. The molecule has 1 atom stereocenters. The van der Waals surface area contributed by atoms with Crippen LogP contribution in [0.4, 0.5) is 5.95 Å². The Morgan fingerprint density at radius 3 is 2.66 bits per heavy atom. The molecule has 7 nitrogen and oxygen atoms in total. The predicted molar refractivity (Wildman–Crippen MR) is 115 cm³/mol. The number of nitrogens with zero attached hydrogens (tertiary/aromatic N) is 6. The minimum absolute atomic E-state index is 0.515. The van der Waals surface area contributed by atoms with E-state index in [1.54, 1.807) is 13.8 Å². The number of pyridine rings is 1. The molecule has 1 unspecified atom stereocenters. The standard InChI is InChI=1S/C22H26N6O/c1-22(2,29)16-11-14-12-23-21(27-10-9-15(13-27)26(3)4)25-19(14)28-18-8-6-5-7-17(18)24-20(16)28/h5-8,11-12,15,29H,9-10,13H2,1-4H3. The minimum Gasteiger partial charge on any atom is -0.386 e. The Labute approximate surface area is 169 Å². The van der Waals surface area contributed by atoms with Crippen molar-refractivity contribution in [1.29, 1.82) is 0 Å². The number of hydrogen-bond donors (Lipinski definition) is 1. The van der Waals surface area contributed by atoms with Crippen molar-refractivity contribution in [3.63, 3.8) is 0 Å². The van der Waals surface area contributed by atoms with Crippen molar-refractivity contribution in [2.45, 2.75) is 31.9 Å². The quantitative estimate of drug-likeness (QED) is 0.580. The molecule has 0 aliphatic carbocycles. The summed E-state index contributed by atoms with van der Waals surface area (Å²) in [6, 6.07) is 10.5. The van der Waals surface area contributed by atoms with Gasteiger partial charge in [0, 0.05) is 36.3 Å². The van der Waals surface area contributed by atoms with E-state index in [0.717, 1.165) is 58.7 Å². The molecule has 150 valence electrons. The number of anilines is 1. The first kappa shape index (κ1) is 18.3. The molecule has 1 aliphatic heterocycles. The van der Waals surface area contributed by atoms with Gasteiger partial charge in [0.05, 0.1) is 16.6 Å². The van der Waals surface area contributed by atoms with Gasteiger partial charge in [0.1, 0.15) is 5.65 Å². The fourth-order valence-electron chi connectivity index (χ4n) is 4.24. The predicted octanol–water partition coefficient (Wildman–Crippen LogP) is 2.80. The summed E-state index contributed by atoms with van der Waals surface area (Å²) in [5.41, 5.74) is 3.17. The SMILES string of the molecule is CN(C)C1CCN(c2ncc3cc(C(C)(C)O)c4nc5ccccc5n4c3n2)C1. The molecule has 29 heavy (non-hydrogen) atoms. The van der Waals surface area contributed by atoms with Crippen LogP contribution < -0.4 is 4.90 Å². The second-order valence-electron chi connectivity index (χ2n) is 8.68. The Balaban J connectivity index is 1.76. The van der Waals surface area contributed by atoms with Gasteiger partial charge in [-0.15, -0.1) is 0 Å². The lowest BCUT2D eigenvalue weighted by Gasteiger charge is -2.22. The van der Waals surface area contributed by atoms with Crippen LogP contribution in [0.3, 0.4) is 0 Å². The lowest BCUT2D eigenvalue weighted by molar-refractivity contribution is 0.0798. The maximum absolute atomic E-state index is 10.8. The normalized spacial score (nSPS) is 18.0. The van der Waals surface area contributed by atoms with E-state index in [-0.39, 0.29) is 0 Å². The molecule has 5 rings (SSSR count). The van der Waals surface area contributed by atoms with Gasteiger partial charge in [0.25, 0.3) is 0 Å². The molecule has 7 heteroatoms. The largest absolute Gasteiger partial charge is 0.386 e. The monoisotopic (exact) mass is 390 g/mol. The van der Waals surface area contributed by atoms with E-state index < -0.39 is 5.60 Å². The van der Waals surface area contributed by atoms with Crippen LogP contribution in [0, 0.1) is 0 Å². The van der Waals surface area contributed by atoms with Crippen molar-refractivity contribution < 1.29 is 5.11 Å². The molecule has 1 aromatic carbocycles. The summed E-state index contributed by atoms with van der Waals surface area (Å²) in [4.78, 5) is 18.9. The molecule has 1 fully saturated rings. The summed E-state index contributed by atoms with van der Waals surface area (Å²) < 4.78 is 2.06. The van der Waals surface area contributed by atoms with E-state index in [1.165, 1.54) is 0 Å². The third-order valence-electron chi connectivity index (χ3n) is 5.93. The Morgan fingerprint density at radius 2 is 1.93 bits per heavy atom. The molecule has 0 spiro atoms. The third kappa shape index (κ3) is 2.92. The van der Waals surface area contributed by atoms with Crippen LogP contribution >= 0.6 is 0 Å². The fourth-order valence-corrected chi connectivity index (χ4v) is 4.24. The zero-order chi connectivity index (χ0) is 20.3. The van der Waals surface area contributed by atoms with Crippen LogP contribution in [0.5, 0.6) is 0 Å². The van der Waals surface area contributed by atoms with Crippen LogP contribution in [-0.4, -0.2) is 62.6 Å². The number of aliphatic hydroxyl groups is 1. The highest BCUT2D eigenvalue weighted by atomic mass is 16.3. The maximum atomic E-state index is 10.8. The Morgan fingerprint density at radius 1 is 1.14 bits per heavy atom. The zero-order valence-electron chi connectivity index (χ0n) is 17.3.